The van der Waals surface area contributed by atoms with Gasteiger partial charge in [-0.3, -0.25) is 0 Å². The van der Waals surface area contributed by atoms with E-state index in [1.54, 1.807) is 6.08 Å². The van der Waals surface area contributed by atoms with Crippen molar-refractivity contribution >= 4 is 22.3 Å². The number of hydrogen-bond donors (Lipinski definition) is 3. The average Bonchev–Trinajstić information content (AvgIpc) is 2.04. The van der Waals surface area contributed by atoms with Gasteiger partial charge in [0.25, 0.3) is 0 Å². The predicted octanol–water partition coefficient (Wildman–Crippen LogP) is 0.915. The second-order valence-electron chi connectivity index (χ2n) is 2.20. The molecule has 0 heterocycles. The summed E-state index contributed by atoms with van der Waals surface area (Å²) in [5.41, 5.74) is 17.1. The summed E-state index contributed by atoms with van der Waals surface area (Å²) >= 11 is 3.28. The van der Waals surface area contributed by atoms with E-state index in [9.17, 15) is 0 Å². The molecule has 0 fully saturated rings. The minimum Gasteiger partial charge on any atom is -0.399 e. The van der Waals surface area contributed by atoms with Gasteiger partial charge >= 0.3 is 0 Å². The van der Waals surface area contributed by atoms with Gasteiger partial charge in [-0.15, -0.1) is 0 Å². The van der Waals surface area contributed by atoms with E-state index in [4.69, 9.17) is 17.2 Å². The number of aliphatic imine (C=N–C) groups is 1. The van der Waals surface area contributed by atoms with Crippen molar-refractivity contribution in [1.82, 2.24) is 0 Å². The molecular formula is C8H13BrN4. The summed E-state index contributed by atoms with van der Waals surface area (Å²) in [6.45, 7) is 5.42. The zero-order valence-electron chi connectivity index (χ0n) is 7.42. The van der Waals surface area contributed by atoms with Crippen molar-refractivity contribution in [2.75, 3.05) is 0 Å². The lowest BCUT2D eigenvalue weighted by molar-refractivity contribution is 1.17. The molecule has 72 valence electrons. The molecule has 0 aromatic carbocycles. The molecule has 0 amide bonds. The van der Waals surface area contributed by atoms with Gasteiger partial charge in [0, 0.05) is 10.2 Å². The Morgan fingerprint density at radius 3 is 2.31 bits per heavy atom. The van der Waals surface area contributed by atoms with Crippen LogP contribution in [0.15, 0.2) is 39.2 Å². The molecule has 4 nitrogen and oxygen atoms in total. The molecule has 0 radical (unpaired) electrons. The van der Waals surface area contributed by atoms with Gasteiger partial charge in [0.1, 0.15) is 5.82 Å². The lowest BCUT2D eigenvalue weighted by Crippen LogP contribution is -2.08. The van der Waals surface area contributed by atoms with Crippen LogP contribution in [-0.4, -0.2) is 6.34 Å². The Kier molecular flexibility index (Phi) is 4.91. The molecule has 0 aliphatic heterocycles. The lowest BCUT2D eigenvalue weighted by Gasteiger charge is -2.06. The van der Waals surface area contributed by atoms with Crippen LogP contribution in [0.1, 0.15) is 6.92 Å². The van der Waals surface area contributed by atoms with Gasteiger partial charge in [-0.05, 0) is 6.92 Å². The van der Waals surface area contributed by atoms with E-state index in [-0.39, 0.29) is 5.82 Å². The van der Waals surface area contributed by atoms with E-state index in [1.807, 2.05) is 6.92 Å². The van der Waals surface area contributed by atoms with E-state index >= 15 is 0 Å². The third-order valence-corrected chi connectivity index (χ3v) is 2.14. The first-order chi connectivity index (χ1) is 6.04. The van der Waals surface area contributed by atoms with Crippen molar-refractivity contribution in [1.29, 1.82) is 0 Å². The Bertz CT molecular complexity index is 289. The highest BCUT2D eigenvalue weighted by Gasteiger charge is 2.07. The third-order valence-electron chi connectivity index (χ3n) is 1.28. The lowest BCUT2D eigenvalue weighted by atomic mass is 10.2. The highest BCUT2D eigenvalue weighted by Crippen LogP contribution is 2.22. The highest BCUT2D eigenvalue weighted by molar-refractivity contribution is 9.12. The van der Waals surface area contributed by atoms with Gasteiger partial charge in [-0.25, -0.2) is 4.99 Å². The maximum Gasteiger partial charge on any atom is 0.135 e. The fraction of sp³-hybridized carbons (Fsp3) is 0.125. The van der Waals surface area contributed by atoms with Crippen LogP contribution in [-0.2, 0) is 0 Å². The van der Waals surface area contributed by atoms with Gasteiger partial charge in [0.2, 0.25) is 0 Å². The second kappa shape index (κ2) is 5.42. The van der Waals surface area contributed by atoms with Crippen LogP contribution < -0.4 is 17.2 Å². The Labute approximate surface area is 86.0 Å². The van der Waals surface area contributed by atoms with Crippen LogP contribution >= 0.6 is 15.9 Å². The van der Waals surface area contributed by atoms with Crippen molar-refractivity contribution in [3.8, 4) is 0 Å². The SMILES string of the molecule is C=C(N)C(/C(Br)=C\C)=C(N)\N=C/N. The Morgan fingerprint density at radius 1 is 1.46 bits per heavy atom. The van der Waals surface area contributed by atoms with Crippen LogP contribution in [0, 0.1) is 0 Å². The highest BCUT2D eigenvalue weighted by atomic mass is 79.9. The molecule has 0 aliphatic carbocycles. The minimum atomic E-state index is 0.236. The van der Waals surface area contributed by atoms with Gasteiger partial charge in [0.15, 0.2) is 0 Å². The monoisotopic (exact) mass is 244 g/mol. The van der Waals surface area contributed by atoms with Crippen molar-refractivity contribution in [3.63, 3.8) is 0 Å². The summed E-state index contributed by atoms with van der Waals surface area (Å²) in [4.78, 5) is 3.71. The van der Waals surface area contributed by atoms with E-state index in [0.717, 1.165) is 10.8 Å². The Hall–Kier alpha value is -1.23. The molecule has 0 saturated carbocycles. The van der Waals surface area contributed by atoms with Crippen molar-refractivity contribution < 1.29 is 0 Å². The Morgan fingerprint density at radius 2 is 2.00 bits per heavy atom. The quantitative estimate of drug-likeness (QED) is 0.392. The molecule has 0 saturated heterocycles. The topological polar surface area (TPSA) is 90.4 Å². The normalized spacial score (nSPS) is 14.5. The number of nitrogens with two attached hydrogens (primary N) is 3. The maximum atomic E-state index is 5.60. The standard InChI is InChI=1S/C8H13BrN4/c1-3-6(9)7(5(2)11)8(12)13-4-10/h3-4H,2,11-12H2,1H3,(H2,10,13)/b6-3+,8-7+. The summed E-state index contributed by atoms with van der Waals surface area (Å²) in [5, 5.41) is 0. The zero-order valence-corrected chi connectivity index (χ0v) is 9.01. The summed E-state index contributed by atoms with van der Waals surface area (Å²) in [6.07, 6.45) is 2.90. The molecule has 0 rings (SSSR count). The van der Waals surface area contributed by atoms with Crippen LogP contribution in [0.5, 0.6) is 0 Å². The smallest absolute Gasteiger partial charge is 0.135 e. The fourth-order valence-electron chi connectivity index (χ4n) is 0.729. The molecule has 0 unspecified atom stereocenters. The molecule has 13 heavy (non-hydrogen) atoms. The van der Waals surface area contributed by atoms with Gasteiger partial charge in [-0.1, -0.05) is 28.6 Å². The summed E-state index contributed by atoms with van der Waals surface area (Å²) in [5.74, 6) is 0.236. The molecule has 5 heteroatoms. The van der Waals surface area contributed by atoms with Crippen molar-refractivity contribution in [2.45, 2.75) is 6.92 Å². The van der Waals surface area contributed by atoms with E-state index < -0.39 is 0 Å². The number of allylic oxidation sites excluding steroid dienone is 2. The molecule has 0 atom stereocenters. The van der Waals surface area contributed by atoms with Gasteiger partial charge in [-0.2, -0.15) is 0 Å². The molecule has 0 aromatic heterocycles. The van der Waals surface area contributed by atoms with Crippen LogP contribution in [0.4, 0.5) is 0 Å². The molecule has 0 spiro atoms. The number of nitrogens with zero attached hydrogens (tertiary/aromatic N) is 1. The average molecular weight is 245 g/mol. The molecular weight excluding hydrogens is 232 g/mol. The first kappa shape index (κ1) is 11.8. The molecule has 0 aromatic rings. The Balaban J connectivity index is 5.25. The van der Waals surface area contributed by atoms with Gasteiger partial charge < -0.3 is 17.2 Å². The first-order valence-corrected chi connectivity index (χ1v) is 4.34. The summed E-state index contributed by atoms with van der Waals surface area (Å²) in [6, 6.07) is 0. The fourth-order valence-corrected chi connectivity index (χ4v) is 1.19. The van der Waals surface area contributed by atoms with Crippen LogP contribution in [0.2, 0.25) is 0 Å². The van der Waals surface area contributed by atoms with Crippen LogP contribution in [0.3, 0.4) is 0 Å². The minimum absolute atomic E-state index is 0.236. The zero-order chi connectivity index (χ0) is 10.4. The number of rotatable bonds is 3. The second-order valence-corrected chi connectivity index (χ2v) is 3.05. The van der Waals surface area contributed by atoms with Gasteiger partial charge in [0.05, 0.1) is 11.9 Å². The predicted molar refractivity (Wildman–Crippen MR) is 59.9 cm³/mol. The number of hydrogen-bond acceptors (Lipinski definition) is 3. The number of halogens is 1. The van der Waals surface area contributed by atoms with Crippen molar-refractivity contribution in [3.05, 3.63) is 34.2 Å². The molecule has 6 N–H and O–H groups in total. The van der Waals surface area contributed by atoms with E-state index in [1.165, 1.54) is 0 Å². The summed E-state index contributed by atoms with van der Waals surface area (Å²) in [7, 11) is 0. The summed E-state index contributed by atoms with van der Waals surface area (Å²) < 4.78 is 0.739. The van der Waals surface area contributed by atoms with Crippen LogP contribution in [0.25, 0.3) is 0 Å². The largest absolute Gasteiger partial charge is 0.399 e. The van der Waals surface area contributed by atoms with Crippen molar-refractivity contribution in [2.24, 2.45) is 22.2 Å². The first-order valence-electron chi connectivity index (χ1n) is 3.55. The van der Waals surface area contributed by atoms with E-state index in [0.29, 0.717) is 11.3 Å². The maximum absolute atomic E-state index is 5.60. The molecule has 0 aliphatic rings. The third kappa shape index (κ3) is 3.33. The molecule has 0 bridgehead atoms. The van der Waals surface area contributed by atoms with E-state index in [2.05, 4.69) is 27.5 Å².